The summed E-state index contributed by atoms with van der Waals surface area (Å²) in [5, 5.41) is 5.28. The van der Waals surface area contributed by atoms with Gasteiger partial charge in [0, 0.05) is 0 Å². The van der Waals surface area contributed by atoms with Gasteiger partial charge in [-0.1, -0.05) is 0 Å². The third-order valence-electron chi connectivity index (χ3n) is 5.04. The summed E-state index contributed by atoms with van der Waals surface area (Å²) < 4.78 is 26.1. The number of esters is 2. The van der Waals surface area contributed by atoms with Crippen molar-refractivity contribution in [2.45, 2.75) is 66.0 Å². The molecule has 0 spiro atoms. The zero-order valence-corrected chi connectivity index (χ0v) is 20.7. The van der Waals surface area contributed by atoms with Crippen molar-refractivity contribution in [1.82, 2.24) is 10.6 Å². The van der Waals surface area contributed by atoms with Crippen LogP contribution in [0.3, 0.4) is 0 Å². The summed E-state index contributed by atoms with van der Waals surface area (Å²) >= 11 is 0. The van der Waals surface area contributed by atoms with E-state index in [0.717, 1.165) is 0 Å². The second-order valence-corrected chi connectivity index (χ2v) is 11.6. The molecule has 0 aromatic carbocycles. The molecule has 0 aromatic heterocycles. The molecular formula is C20H35N2O10P. The molecule has 2 amide bonds. The summed E-state index contributed by atoms with van der Waals surface area (Å²) in [5.41, 5.74) is -1.55. The predicted octanol–water partition coefficient (Wildman–Crippen LogP) is 0.722. The maximum atomic E-state index is 12.7. The van der Waals surface area contributed by atoms with Crippen LogP contribution in [0, 0.1) is 10.8 Å². The Hall–Kier alpha value is -1.85. The second kappa shape index (κ2) is 11.1. The van der Waals surface area contributed by atoms with Crippen molar-refractivity contribution in [3.8, 4) is 0 Å². The van der Waals surface area contributed by atoms with E-state index in [1.807, 2.05) is 0 Å². The number of carbonyl (C=O) groups excluding carboxylic acids is 4. The van der Waals surface area contributed by atoms with Gasteiger partial charge in [-0.25, -0.2) is 0 Å². The van der Waals surface area contributed by atoms with E-state index in [1.54, 1.807) is 34.6 Å². The van der Waals surface area contributed by atoms with E-state index in [-0.39, 0.29) is 38.1 Å². The van der Waals surface area contributed by atoms with Gasteiger partial charge in [0.2, 0.25) is 0 Å². The summed E-state index contributed by atoms with van der Waals surface area (Å²) in [4.78, 5) is 58.1. The molecule has 2 atom stereocenters. The molecule has 0 aliphatic carbocycles. The second-order valence-electron chi connectivity index (χ2n) is 9.77. The van der Waals surface area contributed by atoms with Crippen LogP contribution in [0.2, 0.25) is 0 Å². The number of carbonyl (C=O) groups is 4. The fourth-order valence-corrected chi connectivity index (χ4v) is 4.71. The van der Waals surface area contributed by atoms with Crippen LogP contribution in [0.15, 0.2) is 0 Å². The number of amides is 2. The molecule has 13 heteroatoms. The van der Waals surface area contributed by atoms with Crippen molar-refractivity contribution in [2.24, 2.45) is 10.8 Å². The van der Waals surface area contributed by atoms with Crippen LogP contribution in [0.4, 0.5) is 0 Å². The van der Waals surface area contributed by atoms with E-state index in [2.05, 4.69) is 10.6 Å². The van der Waals surface area contributed by atoms with Crippen LogP contribution in [-0.4, -0.2) is 67.3 Å². The zero-order chi connectivity index (χ0) is 24.9. The number of hydrogen-bond acceptors (Lipinski definition) is 10. The normalized spacial score (nSPS) is 25.0. The van der Waals surface area contributed by atoms with Crippen molar-refractivity contribution < 1.29 is 47.1 Å². The molecule has 2 rings (SSSR count). The Labute approximate surface area is 193 Å². The average molecular weight is 494 g/mol. The standard InChI is InChI=1S/C20H35N2O10P/c1-19(2,3)18(26)29-12-31-33(27)30-11-20(4,5)16(32-33)17(25)21-9-8-15(24)28-10-13-6-7-14(23)22-13/h13,16,27,33H,6-12H2,1-5H3,(H,21,25)(H,22,23)/t13-,16-/m0/s1. The van der Waals surface area contributed by atoms with Crippen LogP contribution >= 0.6 is 8.17 Å². The average Bonchev–Trinajstić information content (AvgIpc) is 3.13. The maximum absolute atomic E-state index is 12.7. The van der Waals surface area contributed by atoms with Gasteiger partial charge in [0.25, 0.3) is 0 Å². The van der Waals surface area contributed by atoms with E-state index >= 15 is 0 Å². The van der Waals surface area contributed by atoms with Crippen molar-refractivity contribution in [3.63, 3.8) is 0 Å². The third kappa shape index (κ3) is 8.46. The van der Waals surface area contributed by atoms with E-state index < -0.39 is 49.7 Å². The van der Waals surface area contributed by atoms with Gasteiger partial charge in [-0.3, -0.25) is 4.79 Å². The summed E-state index contributed by atoms with van der Waals surface area (Å²) in [6, 6.07) is -0.183. The molecule has 2 heterocycles. The van der Waals surface area contributed by atoms with Gasteiger partial charge in [0.15, 0.2) is 0 Å². The molecule has 3 N–H and O–H groups in total. The Bertz CT molecular complexity index is 754. The van der Waals surface area contributed by atoms with Crippen LogP contribution in [0.1, 0.15) is 53.9 Å². The third-order valence-corrected chi connectivity index (χ3v) is 6.57. The van der Waals surface area contributed by atoms with E-state index in [9.17, 15) is 24.1 Å². The van der Waals surface area contributed by atoms with Crippen LogP contribution < -0.4 is 10.6 Å². The van der Waals surface area contributed by atoms with E-state index in [4.69, 9.17) is 23.0 Å². The molecule has 2 aliphatic heterocycles. The first-order valence-corrected chi connectivity index (χ1v) is 12.5. The van der Waals surface area contributed by atoms with Crippen molar-refractivity contribution in [1.29, 1.82) is 0 Å². The van der Waals surface area contributed by atoms with Gasteiger partial charge in [-0.2, -0.15) is 0 Å². The molecule has 33 heavy (non-hydrogen) atoms. The first kappa shape index (κ1) is 27.4. The fraction of sp³-hybridized carbons (Fsp3) is 0.800. The number of nitrogens with one attached hydrogen (secondary N) is 2. The van der Waals surface area contributed by atoms with Gasteiger partial charge in [-0.05, 0) is 0 Å². The molecule has 12 nitrogen and oxygen atoms in total. The molecule has 0 aromatic rings. The first-order valence-electron chi connectivity index (χ1n) is 10.8. The molecular weight excluding hydrogens is 459 g/mol. The van der Waals surface area contributed by atoms with Crippen LogP contribution in [-0.2, 0) is 42.2 Å². The van der Waals surface area contributed by atoms with E-state index in [1.165, 1.54) is 0 Å². The molecule has 2 fully saturated rings. The Balaban J connectivity index is 1.78. The molecule has 2 saturated heterocycles. The first-order chi connectivity index (χ1) is 15.2. The van der Waals surface area contributed by atoms with Gasteiger partial charge < -0.3 is 0 Å². The fourth-order valence-electron chi connectivity index (χ4n) is 3.00. The SMILES string of the molecule is CC(C)(C)C(=O)OCO[PH]1(O)OCC(C)(C)[C@H](C(=O)NCCC(=O)OC[C@@H]2CCC(=O)N2)O1. The summed E-state index contributed by atoms with van der Waals surface area (Å²) in [7, 11) is -4.24. The Kier molecular flexibility index (Phi) is 9.17. The van der Waals surface area contributed by atoms with Crippen molar-refractivity contribution in [3.05, 3.63) is 0 Å². The Morgan fingerprint density at radius 2 is 1.97 bits per heavy atom. The summed E-state index contributed by atoms with van der Waals surface area (Å²) in [5.74, 6) is -1.67. The number of rotatable bonds is 9. The quantitative estimate of drug-likeness (QED) is 0.237. The molecule has 0 unspecified atom stereocenters. The van der Waals surface area contributed by atoms with Crippen LogP contribution in [0.5, 0.6) is 0 Å². The topological polar surface area (TPSA) is 159 Å². The van der Waals surface area contributed by atoms with Gasteiger partial charge in [0.05, 0.1) is 0 Å². The van der Waals surface area contributed by atoms with E-state index in [0.29, 0.717) is 12.8 Å². The zero-order valence-electron chi connectivity index (χ0n) is 19.7. The molecule has 0 radical (unpaired) electrons. The van der Waals surface area contributed by atoms with Gasteiger partial charge >= 0.3 is 188 Å². The van der Waals surface area contributed by atoms with Gasteiger partial charge in [-0.15, -0.1) is 0 Å². The Morgan fingerprint density at radius 1 is 1.27 bits per heavy atom. The minimum absolute atomic E-state index is 0.00444. The monoisotopic (exact) mass is 494 g/mol. The molecule has 2 aliphatic rings. The summed E-state index contributed by atoms with van der Waals surface area (Å²) in [6.45, 7) is 7.90. The number of hydrogen-bond donors (Lipinski definition) is 3. The molecule has 190 valence electrons. The number of ether oxygens (including phenoxy) is 2. The summed E-state index contributed by atoms with van der Waals surface area (Å²) in [6.07, 6.45) is -0.163. The Morgan fingerprint density at radius 3 is 2.58 bits per heavy atom. The van der Waals surface area contributed by atoms with Gasteiger partial charge in [0.1, 0.15) is 0 Å². The van der Waals surface area contributed by atoms with Crippen molar-refractivity contribution >= 4 is 31.9 Å². The van der Waals surface area contributed by atoms with Crippen molar-refractivity contribution in [2.75, 3.05) is 26.6 Å². The minimum atomic E-state index is -4.24. The predicted molar refractivity (Wildman–Crippen MR) is 116 cm³/mol. The molecule has 0 saturated carbocycles. The molecule has 0 bridgehead atoms. The van der Waals surface area contributed by atoms with Crippen LogP contribution in [0.25, 0.3) is 0 Å².